The fraction of sp³-hybridized carbons (Fsp3) is 0.533. The van der Waals surface area contributed by atoms with Crippen molar-refractivity contribution < 1.29 is 4.79 Å². The number of carbonyl (C=O) groups is 1. The van der Waals surface area contributed by atoms with Gasteiger partial charge in [0.05, 0.1) is 0 Å². The summed E-state index contributed by atoms with van der Waals surface area (Å²) < 4.78 is 0. The molecule has 0 aliphatic carbocycles. The third kappa shape index (κ3) is 4.15. The molecule has 0 spiro atoms. The standard InChI is InChI=1S/C15H24N2O/c1-4-12(2)11-17(3)15(18)14-7-5-13(6-8-14)9-10-16/h5-8,12H,4,9-11,16H2,1-3H3. The average Bonchev–Trinajstić information content (AvgIpc) is 2.39. The summed E-state index contributed by atoms with van der Waals surface area (Å²) >= 11 is 0. The number of hydrogen-bond donors (Lipinski definition) is 1. The smallest absolute Gasteiger partial charge is 0.253 e. The van der Waals surface area contributed by atoms with Crippen molar-refractivity contribution in [1.29, 1.82) is 0 Å². The molecule has 0 aromatic heterocycles. The predicted molar refractivity (Wildman–Crippen MR) is 75.6 cm³/mol. The minimum atomic E-state index is 0.0922. The molecule has 1 atom stereocenters. The highest BCUT2D eigenvalue weighted by Gasteiger charge is 2.13. The van der Waals surface area contributed by atoms with E-state index in [4.69, 9.17) is 5.73 Å². The topological polar surface area (TPSA) is 46.3 Å². The molecule has 3 nitrogen and oxygen atoms in total. The van der Waals surface area contributed by atoms with Crippen LogP contribution in [0.5, 0.6) is 0 Å². The normalized spacial score (nSPS) is 12.2. The van der Waals surface area contributed by atoms with Gasteiger partial charge in [-0.2, -0.15) is 0 Å². The predicted octanol–water partition coefficient (Wildman–Crippen LogP) is 2.31. The summed E-state index contributed by atoms with van der Waals surface area (Å²) in [4.78, 5) is 14.0. The van der Waals surface area contributed by atoms with Crippen molar-refractivity contribution in [3.8, 4) is 0 Å². The van der Waals surface area contributed by atoms with E-state index in [1.165, 1.54) is 5.56 Å². The van der Waals surface area contributed by atoms with Crippen LogP contribution in [0.1, 0.15) is 36.2 Å². The van der Waals surface area contributed by atoms with E-state index >= 15 is 0 Å². The summed E-state index contributed by atoms with van der Waals surface area (Å²) in [5.74, 6) is 0.630. The van der Waals surface area contributed by atoms with Crippen LogP contribution in [0.3, 0.4) is 0 Å². The maximum Gasteiger partial charge on any atom is 0.253 e. The van der Waals surface area contributed by atoms with E-state index in [0.29, 0.717) is 12.5 Å². The van der Waals surface area contributed by atoms with Gasteiger partial charge in [-0.25, -0.2) is 0 Å². The van der Waals surface area contributed by atoms with Gasteiger partial charge >= 0.3 is 0 Å². The van der Waals surface area contributed by atoms with E-state index in [9.17, 15) is 4.79 Å². The van der Waals surface area contributed by atoms with E-state index in [1.807, 2.05) is 31.3 Å². The Hall–Kier alpha value is -1.35. The molecule has 2 N–H and O–H groups in total. The number of benzene rings is 1. The summed E-state index contributed by atoms with van der Waals surface area (Å²) in [6.45, 7) is 5.75. The Bertz CT molecular complexity index is 373. The van der Waals surface area contributed by atoms with Gasteiger partial charge in [0, 0.05) is 19.2 Å². The van der Waals surface area contributed by atoms with Gasteiger partial charge < -0.3 is 10.6 Å². The van der Waals surface area contributed by atoms with Crippen molar-refractivity contribution in [3.05, 3.63) is 35.4 Å². The van der Waals surface area contributed by atoms with E-state index in [0.717, 1.165) is 24.9 Å². The number of amides is 1. The molecular weight excluding hydrogens is 224 g/mol. The zero-order valence-electron chi connectivity index (χ0n) is 11.6. The van der Waals surface area contributed by atoms with E-state index in [2.05, 4.69) is 13.8 Å². The lowest BCUT2D eigenvalue weighted by atomic mass is 10.1. The fourth-order valence-corrected chi connectivity index (χ4v) is 1.88. The van der Waals surface area contributed by atoms with Crippen molar-refractivity contribution >= 4 is 5.91 Å². The van der Waals surface area contributed by atoms with Gasteiger partial charge in [0.15, 0.2) is 0 Å². The Morgan fingerprint density at radius 2 is 1.94 bits per heavy atom. The molecule has 1 aromatic carbocycles. The lowest BCUT2D eigenvalue weighted by Gasteiger charge is -2.21. The molecule has 0 fully saturated rings. The van der Waals surface area contributed by atoms with Gasteiger partial charge in [0.2, 0.25) is 0 Å². The maximum absolute atomic E-state index is 12.2. The zero-order valence-corrected chi connectivity index (χ0v) is 11.6. The van der Waals surface area contributed by atoms with Crippen LogP contribution in [0.4, 0.5) is 0 Å². The monoisotopic (exact) mass is 248 g/mol. The molecule has 1 rings (SSSR count). The first kappa shape index (κ1) is 14.7. The van der Waals surface area contributed by atoms with Crippen molar-refractivity contribution in [1.82, 2.24) is 4.90 Å². The fourth-order valence-electron chi connectivity index (χ4n) is 1.88. The third-order valence-electron chi connectivity index (χ3n) is 3.26. The van der Waals surface area contributed by atoms with Gasteiger partial charge in [-0.1, -0.05) is 32.4 Å². The highest BCUT2D eigenvalue weighted by atomic mass is 16.2. The molecule has 0 aliphatic heterocycles. The molecule has 1 amide bonds. The quantitative estimate of drug-likeness (QED) is 0.839. The van der Waals surface area contributed by atoms with Crippen LogP contribution in [0.15, 0.2) is 24.3 Å². The second kappa shape index (κ2) is 7.17. The molecule has 1 aromatic rings. The van der Waals surface area contributed by atoms with E-state index in [1.54, 1.807) is 4.90 Å². The Morgan fingerprint density at radius 3 is 2.44 bits per heavy atom. The first-order chi connectivity index (χ1) is 8.58. The van der Waals surface area contributed by atoms with Gasteiger partial charge in [-0.05, 0) is 36.6 Å². The lowest BCUT2D eigenvalue weighted by Crippen LogP contribution is -2.30. The Morgan fingerprint density at radius 1 is 1.33 bits per heavy atom. The van der Waals surface area contributed by atoms with Crippen molar-refractivity contribution in [2.24, 2.45) is 11.7 Å². The number of nitrogens with two attached hydrogens (primary N) is 1. The summed E-state index contributed by atoms with van der Waals surface area (Å²) in [6, 6.07) is 7.75. The van der Waals surface area contributed by atoms with E-state index in [-0.39, 0.29) is 5.91 Å². The highest BCUT2D eigenvalue weighted by Crippen LogP contribution is 2.10. The average molecular weight is 248 g/mol. The first-order valence-corrected chi connectivity index (χ1v) is 6.63. The molecule has 1 unspecified atom stereocenters. The second-order valence-electron chi connectivity index (χ2n) is 4.93. The molecule has 0 bridgehead atoms. The second-order valence-corrected chi connectivity index (χ2v) is 4.93. The molecule has 0 saturated carbocycles. The summed E-state index contributed by atoms with van der Waals surface area (Å²) in [7, 11) is 1.86. The van der Waals surface area contributed by atoms with Crippen LogP contribution >= 0.6 is 0 Å². The van der Waals surface area contributed by atoms with Gasteiger partial charge in [0.25, 0.3) is 5.91 Å². The summed E-state index contributed by atoms with van der Waals surface area (Å²) in [6.07, 6.45) is 1.95. The van der Waals surface area contributed by atoms with Crippen LogP contribution in [-0.4, -0.2) is 30.9 Å². The molecule has 3 heteroatoms. The first-order valence-electron chi connectivity index (χ1n) is 6.63. The molecule has 18 heavy (non-hydrogen) atoms. The van der Waals surface area contributed by atoms with Gasteiger partial charge in [-0.3, -0.25) is 4.79 Å². The number of hydrogen-bond acceptors (Lipinski definition) is 2. The van der Waals surface area contributed by atoms with Crippen LogP contribution in [0, 0.1) is 5.92 Å². The number of rotatable bonds is 6. The highest BCUT2D eigenvalue weighted by molar-refractivity contribution is 5.94. The molecular formula is C15H24N2O. The Balaban J connectivity index is 2.65. The minimum absolute atomic E-state index is 0.0922. The number of nitrogens with zero attached hydrogens (tertiary/aromatic N) is 1. The van der Waals surface area contributed by atoms with Crippen LogP contribution in [0.2, 0.25) is 0 Å². The van der Waals surface area contributed by atoms with Crippen molar-refractivity contribution in [2.45, 2.75) is 26.7 Å². The lowest BCUT2D eigenvalue weighted by molar-refractivity contribution is 0.0775. The molecule has 0 radical (unpaired) electrons. The summed E-state index contributed by atoms with van der Waals surface area (Å²) in [5, 5.41) is 0. The molecule has 0 heterocycles. The third-order valence-corrected chi connectivity index (χ3v) is 3.26. The maximum atomic E-state index is 12.2. The van der Waals surface area contributed by atoms with Gasteiger partial charge in [0.1, 0.15) is 0 Å². The minimum Gasteiger partial charge on any atom is -0.341 e. The van der Waals surface area contributed by atoms with E-state index < -0.39 is 0 Å². The number of carbonyl (C=O) groups excluding carboxylic acids is 1. The molecule has 0 saturated heterocycles. The molecule has 100 valence electrons. The van der Waals surface area contributed by atoms with Crippen molar-refractivity contribution in [3.63, 3.8) is 0 Å². The van der Waals surface area contributed by atoms with Crippen LogP contribution in [-0.2, 0) is 6.42 Å². The molecule has 0 aliphatic rings. The SMILES string of the molecule is CCC(C)CN(C)C(=O)c1ccc(CCN)cc1. The Kier molecular flexibility index (Phi) is 5.86. The van der Waals surface area contributed by atoms with Crippen molar-refractivity contribution in [2.75, 3.05) is 20.1 Å². The zero-order chi connectivity index (χ0) is 13.5. The largest absolute Gasteiger partial charge is 0.341 e. The Labute approximate surface area is 110 Å². The van der Waals surface area contributed by atoms with Gasteiger partial charge in [-0.15, -0.1) is 0 Å². The summed E-state index contributed by atoms with van der Waals surface area (Å²) in [5.41, 5.74) is 7.43. The van der Waals surface area contributed by atoms with Crippen LogP contribution < -0.4 is 5.73 Å². The van der Waals surface area contributed by atoms with Crippen LogP contribution in [0.25, 0.3) is 0 Å².